The first-order valence-electron chi connectivity index (χ1n) is 7.69. The number of guanidine groups is 1. The number of nitrogens with zero attached hydrogens (tertiary/aromatic N) is 3. The summed E-state index contributed by atoms with van der Waals surface area (Å²) in [6, 6.07) is 0.638. The maximum Gasteiger partial charge on any atom is 0.193 e. The van der Waals surface area contributed by atoms with Gasteiger partial charge in [0.1, 0.15) is 0 Å². The molecule has 5 heteroatoms. The Labute approximate surface area is 128 Å². The van der Waals surface area contributed by atoms with Gasteiger partial charge in [0.15, 0.2) is 5.96 Å². The summed E-state index contributed by atoms with van der Waals surface area (Å²) in [5.41, 5.74) is 0. The number of thioether (sulfide) groups is 1. The van der Waals surface area contributed by atoms with Crippen LogP contribution in [0.15, 0.2) is 4.99 Å². The summed E-state index contributed by atoms with van der Waals surface area (Å²) in [4.78, 5) is 9.26. The molecule has 0 aromatic carbocycles. The fraction of sp³-hybridized carbons (Fsp3) is 0.933. The van der Waals surface area contributed by atoms with Gasteiger partial charge in [-0.05, 0) is 46.7 Å². The van der Waals surface area contributed by atoms with Gasteiger partial charge in [-0.15, -0.1) is 0 Å². The Kier molecular flexibility index (Phi) is 5.24. The van der Waals surface area contributed by atoms with Gasteiger partial charge in [0.2, 0.25) is 0 Å². The number of hydrogen-bond donors (Lipinski definition) is 1. The number of rotatable bonds is 4. The van der Waals surface area contributed by atoms with E-state index in [0.717, 1.165) is 31.5 Å². The van der Waals surface area contributed by atoms with E-state index in [2.05, 4.69) is 59.8 Å². The smallest absolute Gasteiger partial charge is 0.193 e. The van der Waals surface area contributed by atoms with Crippen LogP contribution in [-0.2, 0) is 0 Å². The zero-order valence-corrected chi connectivity index (χ0v) is 14.5. The first-order chi connectivity index (χ1) is 9.43. The van der Waals surface area contributed by atoms with Crippen LogP contribution >= 0.6 is 11.8 Å². The lowest BCUT2D eigenvalue weighted by atomic mass is 10.1. The van der Waals surface area contributed by atoms with Crippen molar-refractivity contribution >= 4 is 17.7 Å². The summed E-state index contributed by atoms with van der Waals surface area (Å²) in [5, 5.41) is 3.60. The molecule has 0 aromatic rings. The SMILES string of the molecule is CN=C(NCC(C1CC1)N(C)C)N1CCSC(C)(C)C1. The monoisotopic (exact) mass is 298 g/mol. The van der Waals surface area contributed by atoms with Crippen molar-refractivity contribution in [1.82, 2.24) is 15.1 Å². The minimum atomic E-state index is 0.327. The van der Waals surface area contributed by atoms with Gasteiger partial charge in [-0.25, -0.2) is 0 Å². The summed E-state index contributed by atoms with van der Waals surface area (Å²) in [6.07, 6.45) is 2.77. The highest BCUT2D eigenvalue weighted by Gasteiger charge is 2.33. The van der Waals surface area contributed by atoms with Crippen LogP contribution < -0.4 is 5.32 Å². The zero-order valence-electron chi connectivity index (χ0n) is 13.6. The summed E-state index contributed by atoms with van der Waals surface area (Å²) < 4.78 is 0.327. The molecule has 0 radical (unpaired) electrons. The van der Waals surface area contributed by atoms with E-state index >= 15 is 0 Å². The van der Waals surface area contributed by atoms with Gasteiger partial charge in [0.05, 0.1) is 0 Å². The Bertz CT molecular complexity index is 348. The van der Waals surface area contributed by atoms with Crippen LogP contribution in [0.5, 0.6) is 0 Å². The van der Waals surface area contributed by atoms with E-state index in [1.54, 1.807) is 0 Å². The lowest BCUT2D eigenvalue weighted by Gasteiger charge is -2.39. The van der Waals surface area contributed by atoms with E-state index in [4.69, 9.17) is 0 Å². The molecule has 1 N–H and O–H groups in total. The standard InChI is InChI=1S/C15H30N4S/c1-15(2)11-19(8-9-20-15)14(16-3)17-10-13(18(4)5)12-6-7-12/h12-13H,6-11H2,1-5H3,(H,16,17). The molecule has 1 unspecified atom stereocenters. The van der Waals surface area contributed by atoms with E-state index in [1.165, 1.54) is 18.6 Å². The summed E-state index contributed by atoms with van der Waals surface area (Å²) >= 11 is 2.06. The molecule has 4 nitrogen and oxygen atoms in total. The van der Waals surface area contributed by atoms with E-state index in [9.17, 15) is 0 Å². The maximum atomic E-state index is 4.49. The molecule has 1 atom stereocenters. The first kappa shape index (κ1) is 16.0. The van der Waals surface area contributed by atoms with Crippen molar-refractivity contribution in [2.75, 3.05) is 46.5 Å². The maximum absolute atomic E-state index is 4.49. The van der Waals surface area contributed by atoms with Gasteiger partial charge in [-0.1, -0.05) is 0 Å². The third-order valence-corrected chi connectivity index (χ3v) is 5.53. The normalized spacial score (nSPS) is 24.9. The van der Waals surface area contributed by atoms with Crippen LogP contribution in [0.3, 0.4) is 0 Å². The van der Waals surface area contributed by atoms with Crippen LogP contribution in [0, 0.1) is 5.92 Å². The Morgan fingerprint density at radius 1 is 1.45 bits per heavy atom. The quantitative estimate of drug-likeness (QED) is 0.632. The molecular formula is C15H30N4S. The van der Waals surface area contributed by atoms with Crippen LogP contribution in [-0.4, -0.2) is 73.1 Å². The number of aliphatic imine (C=N–C) groups is 1. The Morgan fingerprint density at radius 3 is 2.65 bits per heavy atom. The molecule has 1 aliphatic carbocycles. The van der Waals surface area contributed by atoms with Crippen LogP contribution in [0.2, 0.25) is 0 Å². The van der Waals surface area contributed by atoms with Crippen molar-refractivity contribution in [1.29, 1.82) is 0 Å². The predicted octanol–water partition coefficient (Wildman–Crippen LogP) is 1.73. The Morgan fingerprint density at radius 2 is 2.15 bits per heavy atom. The zero-order chi connectivity index (χ0) is 14.8. The summed E-state index contributed by atoms with van der Waals surface area (Å²) in [7, 11) is 6.28. The third kappa shape index (κ3) is 4.29. The molecule has 0 amide bonds. The molecule has 0 bridgehead atoms. The Hall–Kier alpha value is -0.420. The van der Waals surface area contributed by atoms with Gasteiger partial charge < -0.3 is 15.1 Å². The average molecular weight is 299 g/mol. The minimum Gasteiger partial charge on any atom is -0.355 e. The lowest BCUT2D eigenvalue weighted by Crippen LogP contribution is -2.53. The van der Waals surface area contributed by atoms with Crippen molar-refractivity contribution in [2.24, 2.45) is 10.9 Å². The molecule has 1 saturated heterocycles. The molecule has 0 spiro atoms. The minimum absolute atomic E-state index is 0.327. The van der Waals surface area contributed by atoms with Crippen molar-refractivity contribution in [3.05, 3.63) is 0 Å². The lowest BCUT2D eigenvalue weighted by molar-refractivity contribution is 0.260. The van der Waals surface area contributed by atoms with Crippen LogP contribution in [0.25, 0.3) is 0 Å². The topological polar surface area (TPSA) is 30.9 Å². The summed E-state index contributed by atoms with van der Waals surface area (Å²) in [6.45, 7) is 7.83. The highest BCUT2D eigenvalue weighted by Crippen LogP contribution is 2.34. The molecule has 2 fully saturated rings. The highest BCUT2D eigenvalue weighted by molar-refractivity contribution is 8.00. The molecule has 0 aromatic heterocycles. The summed E-state index contributed by atoms with van der Waals surface area (Å²) in [5.74, 6) is 3.14. The molecule has 20 heavy (non-hydrogen) atoms. The van der Waals surface area contributed by atoms with E-state index < -0.39 is 0 Å². The fourth-order valence-electron chi connectivity index (χ4n) is 2.98. The third-order valence-electron chi connectivity index (χ3n) is 4.24. The van der Waals surface area contributed by atoms with Crippen LogP contribution in [0.1, 0.15) is 26.7 Å². The number of nitrogens with one attached hydrogen (secondary N) is 1. The van der Waals surface area contributed by atoms with Crippen molar-refractivity contribution in [3.63, 3.8) is 0 Å². The van der Waals surface area contributed by atoms with E-state index in [1.807, 2.05) is 7.05 Å². The Balaban J connectivity index is 1.88. The van der Waals surface area contributed by atoms with Gasteiger partial charge in [0.25, 0.3) is 0 Å². The van der Waals surface area contributed by atoms with Crippen molar-refractivity contribution < 1.29 is 0 Å². The second-order valence-electron chi connectivity index (χ2n) is 6.83. The number of likely N-dealkylation sites (N-methyl/N-ethyl adjacent to an activating group) is 1. The van der Waals surface area contributed by atoms with Gasteiger partial charge in [-0.3, -0.25) is 4.99 Å². The van der Waals surface area contributed by atoms with Gasteiger partial charge in [-0.2, -0.15) is 11.8 Å². The first-order valence-corrected chi connectivity index (χ1v) is 8.67. The van der Waals surface area contributed by atoms with Crippen molar-refractivity contribution in [3.8, 4) is 0 Å². The second kappa shape index (κ2) is 6.56. The molecule has 116 valence electrons. The molecule has 2 aliphatic rings. The van der Waals surface area contributed by atoms with Gasteiger partial charge in [0, 0.05) is 43.2 Å². The van der Waals surface area contributed by atoms with Crippen LogP contribution in [0.4, 0.5) is 0 Å². The molecule has 1 heterocycles. The fourth-order valence-corrected chi connectivity index (χ4v) is 4.09. The van der Waals surface area contributed by atoms with Crippen molar-refractivity contribution in [2.45, 2.75) is 37.5 Å². The average Bonchev–Trinajstić information content (AvgIpc) is 3.17. The molecule has 1 saturated carbocycles. The largest absolute Gasteiger partial charge is 0.355 e. The molecule has 2 rings (SSSR count). The van der Waals surface area contributed by atoms with E-state index in [-0.39, 0.29) is 0 Å². The predicted molar refractivity (Wildman–Crippen MR) is 89.7 cm³/mol. The molecular weight excluding hydrogens is 268 g/mol. The van der Waals surface area contributed by atoms with E-state index in [0.29, 0.717) is 10.8 Å². The second-order valence-corrected chi connectivity index (χ2v) is 8.63. The van der Waals surface area contributed by atoms with Gasteiger partial charge >= 0.3 is 0 Å². The highest BCUT2D eigenvalue weighted by atomic mass is 32.2. The number of hydrogen-bond acceptors (Lipinski definition) is 3. The molecule has 1 aliphatic heterocycles.